The summed E-state index contributed by atoms with van der Waals surface area (Å²) in [5.74, 6) is 0.895. The van der Waals surface area contributed by atoms with Crippen LogP contribution in [0.3, 0.4) is 0 Å². The molecule has 16 heavy (non-hydrogen) atoms. The second-order valence-corrected chi connectivity index (χ2v) is 4.40. The average Bonchev–Trinajstić information content (AvgIpc) is 2.71. The molecule has 0 spiro atoms. The standard InChI is InChI=1S/C12H15N3S/c1-13-12-8-11(15(2)14-12)9-4-6-10(16-3)7-5-9/h4-8H,1-3H3,(H,13,14). The van der Waals surface area contributed by atoms with Crippen LogP contribution in [-0.2, 0) is 7.05 Å². The van der Waals surface area contributed by atoms with Crippen LogP contribution in [0.5, 0.6) is 0 Å². The molecule has 1 aromatic heterocycles. The quantitative estimate of drug-likeness (QED) is 0.827. The van der Waals surface area contributed by atoms with E-state index in [-0.39, 0.29) is 0 Å². The van der Waals surface area contributed by atoms with E-state index in [1.165, 1.54) is 10.5 Å². The molecule has 0 aliphatic carbocycles. The molecule has 4 heteroatoms. The predicted molar refractivity (Wildman–Crippen MR) is 70.0 cm³/mol. The van der Waals surface area contributed by atoms with Crippen LogP contribution in [-0.4, -0.2) is 23.1 Å². The van der Waals surface area contributed by atoms with Crippen molar-refractivity contribution < 1.29 is 0 Å². The Bertz CT molecular complexity index is 474. The number of rotatable bonds is 3. The first-order valence-electron chi connectivity index (χ1n) is 5.11. The summed E-state index contributed by atoms with van der Waals surface area (Å²) in [6, 6.07) is 10.6. The lowest BCUT2D eigenvalue weighted by molar-refractivity contribution is 0.778. The van der Waals surface area contributed by atoms with Gasteiger partial charge >= 0.3 is 0 Å². The van der Waals surface area contributed by atoms with Gasteiger partial charge in [-0.2, -0.15) is 5.10 Å². The summed E-state index contributed by atoms with van der Waals surface area (Å²) >= 11 is 1.75. The van der Waals surface area contributed by atoms with Gasteiger partial charge in [0.1, 0.15) is 5.82 Å². The van der Waals surface area contributed by atoms with Gasteiger partial charge in [-0.05, 0) is 24.0 Å². The molecule has 1 N–H and O–H groups in total. The van der Waals surface area contributed by atoms with E-state index in [4.69, 9.17) is 0 Å². The molecule has 0 unspecified atom stereocenters. The molecule has 0 amide bonds. The summed E-state index contributed by atoms with van der Waals surface area (Å²) in [7, 11) is 3.83. The number of anilines is 1. The van der Waals surface area contributed by atoms with E-state index in [1.54, 1.807) is 11.8 Å². The average molecular weight is 233 g/mol. The summed E-state index contributed by atoms with van der Waals surface area (Å²) in [5.41, 5.74) is 2.31. The monoisotopic (exact) mass is 233 g/mol. The van der Waals surface area contributed by atoms with Crippen molar-refractivity contribution in [1.82, 2.24) is 9.78 Å². The van der Waals surface area contributed by atoms with E-state index in [9.17, 15) is 0 Å². The Morgan fingerprint density at radius 1 is 1.25 bits per heavy atom. The van der Waals surface area contributed by atoms with Gasteiger partial charge in [0.05, 0.1) is 5.69 Å². The third-order valence-electron chi connectivity index (χ3n) is 2.52. The van der Waals surface area contributed by atoms with Crippen LogP contribution in [0.25, 0.3) is 11.3 Å². The van der Waals surface area contributed by atoms with E-state index in [1.807, 2.05) is 24.8 Å². The maximum atomic E-state index is 4.35. The minimum Gasteiger partial charge on any atom is -0.372 e. The van der Waals surface area contributed by atoms with Crippen LogP contribution in [0, 0.1) is 0 Å². The molecule has 1 aromatic carbocycles. The SMILES string of the molecule is CNc1cc(-c2ccc(SC)cc2)n(C)n1. The second kappa shape index (κ2) is 4.61. The number of nitrogens with zero attached hydrogens (tertiary/aromatic N) is 2. The molecule has 0 aliphatic rings. The highest BCUT2D eigenvalue weighted by atomic mass is 32.2. The molecule has 3 nitrogen and oxygen atoms in total. The van der Waals surface area contributed by atoms with Crippen molar-refractivity contribution >= 4 is 17.6 Å². The first kappa shape index (κ1) is 11.1. The van der Waals surface area contributed by atoms with Crippen LogP contribution >= 0.6 is 11.8 Å². The molecule has 2 aromatic rings. The van der Waals surface area contributed by atoms with Crippen LogP contribution in [0.1, 0.15) is 0 Å². The van der Waals surface area contributed by atoms with Crippen molar-refractivity contribution in [2.24, 2.45) is 7.05 Å². The topological polar surface area (TPSA) is 29.9 Å². The van der Waals surface area contributed by atoms with Crippen LogP contribution in [0.15, 0.2) is 35.2 Å². The number of nitrogens with one attached hydrogen (secondary N) is 1. The van der Waals surface area contributed by atoms with Crippen molar-refractivity contribution in [3.63, 3.8) is 0 Å². The Labute approximate surface area is 99.9 Å². The van der Waals surface area contributed by atoms with Crippen LogP contribution < -0.4 is 5.32 Å². The molecule has 84 valence electrons. The molecule has 0 saturated carbocycles. The summed E-state index contributed by atoms with van der Waals surface area (Å²) in [5, 5.41) is 7.39. The Hall–Kier alpha value is -1.42. The third kappa shape index (κ3) is 2.07. The predicted octanol–water partition coefficient (Wildman–Crippen LogP) is 2.85. The van der Waals surface area contributed by atoms with Crippen LogP contribution in [0.2, 0.25) is 0 Å². The second-order valence-electron chi connectivity index (χ2n) is 3.52. The van der Waals surface area contributed by atoms with E-state index in [2.05, 4.69) is 40.9 Å². The van der Waals surface area contributed by atoms with Crippen molar-refractivity contribution in [3.8, 4) is 11.3 Å². The van der Waals surface area contributed by atoms with Crippen LogP contribution in [0.4, 0.5) is 5.82 Å². The smallest absolute Gasteiger partial charge is 0.148 e. The third-order valence-corrected chi connectivity index (χ3v) is 3.27. The minimum absolute atomic E-state index is 0.895. The Balaban J connectivity index is 2.38. The van der Waals surface area contributed by atoms with Gasteiger partial charge in [-0.25, -0.2) is 0 Å². The van der Waals surface area contributed by atoms with Gasteiger partial charge in [0.25, 0.3) is 0 Å². The van der Waals surface area contributed by atoms with Crippen molar-refractivity contribution in [3.05, 3.63) is 30.3 Å². The number of aromatic nitrogens is 2. The van der Waals surface area contributed by atoms with Gasteiger partial charge in [0.15, 0.2) is 0 Å². The molecule has 0 saturated heterocycles. The minimum atomic E-state index is 0.895. The fraction of sp³-hybridized carbons (Fsp3) is 0.250. The van der Waals surface area contributed by atoms with E-state index < -0.39 is 0 Å². The number of hydrogen-bond donors (Lipinski definition) is 1. The Kier molecular flexibility index (Phi) is 3.19. The zero-order valence-corrected chi connectivity index (χ0v) is 10.5. The molecular weight excluding hydrogens is 218 g/mol. The summed E-state index contributed by atoms with van der Waals surface area (Å²) < 4.78 is 1.89. The zero-order chi connectivity index (χ0) is 11.5. The van der Waals surface area contributed by atoms with Crippen molar-refractivity contribution in [2.75, 3.05) is 18.6 Å². The van der Waals surface area contributed by atoms with Crippen molar-refractivity contribution in [2.45, 2.75) is 4.90 Å². The normalized spacial score (nSPS) is 10.4. The Morgan fingerprint density at radius 2 is 1.94 bits per heavy atom. The number of benzene rings is 1. The lowest BCUT2D eigenvalue weighted by Crippen LogP contribution is -1.94. The van der Waals surface area contributed by atoms with E-state index in [0.29, 0.717) is 0 Å². The number of thioether (sulfide) groups is 1. The van der Waals surface area contributed by atoms with Gasteiger partial charge in [-0.3, -0.25) is 4.68 Å². The first-order valence-corrected chi connectivity index (χ1v) is 6.33. The lowest BCUT2D eigenvalue weighted by Gasteiger charge is -2.02. The van der Waals surface area contributed by atoms with E-state index in [0.717, 1.165) is 11.5 Å². The summed E-state index contributed by atoms with van der Waals surface area (Å²) in [6.45, 7) is 0. The molecule has 0 radical (unpaired) electrons. The largest absolute Gasteiger partial charge is 0.372 e. The van der Waals surface area contributed by atoms with Crippen molar-refractivity contribution in [1.29, 1.82) is 0 Å². The molecule has 0 atom stereocenters. The highest BCUT2D eigenvalue weighted by molar-refractivity contribution is 7.98. The number of aryl methyl sites for hydroxylation is 1. The molecular formula is C12H15N3S. The summed E-state index contributed by atoms with van der Waals surface area (Å²) in [6.07, 6.45) is 2.08. The van der Waals surface area contributed by atoms with Gasteiger partial charge in [0.2, 0.25) is 0 Å². The maximum absolute atomic E-state index is 4.35. The fourth-order valence-corrected chi connectivity index (χ4v) is 2.03. The zero-order valence-electron chi connectivity index (χ0n) is 9.69. The lowest BCUT2D eigenvalue weighted by atomic mass is 10.1. The first-order chi connectivity index (χ1) is 7.74. The Morgan fingerprint density at radius 3 is 2.44 bits per heavy atom. The van der Waals surface area contributed by atoms with Gasteiger partial charge in [-0.1, -0.05) is 12.1 Å². The maximum Gasteiger partial charge on any atom is 0.148 e. The van der Waals surface area contributed by atoms with Gasteiger partial charge in [0, 0.05) is 25.1 Å². The molecule has 0 bridgehead atoms. The van der Waals surface area contributed by atoms with Gasteiger partial charge in [-0.15, -0.1) is 11.8 Å². The molecule has 1 heterocycles. The molecule has 0 aliphatic heterocycles. The molecule has 0 fully saturated rings. The van der Waals surface area contributed by atoms with E-state index >= 15 is 0 Å². The highest BCUT2D eigenvalue weighted by Crippen LogP contribution is 2.24. The van der Waals surface area contributed by atoms with Gasteiger partial charge < -0.3 is 5.32 Å². The summed E-state index contributed by atoms with van der Waals surface area (Å²) in [4.78, 5) is 1.28. The molecule has 2 rings (SSSR count). The number of hydrogen-bond acceptors (Lipinski definition) is 3. The fourth-order valence-electron chi connectivity index (χ4n) is 1.62. The highest BCUT2D eigenvalue weighted by Gasteiger charge is 2.05.